The summed E-state index contributed by atoms with van der Waals surface area (Å²) in [5.41, 5.74) is 20.7. The number of hydrogen-bond donors (Lipinski definition) is 0. The molecule has 1 aliphatic rings. The summed E-state index contributed by atoms with van der Waals surface area (Å²) in [5.74, 6) is 0. The largest absolute Gasteiger partial charge is 0.306 e. The molecule has 0 saturated carbocycles. The molecule has 0 radical (unpaired) electrons. The van der Waals surface area contributed by atoms with Gasteiger partial charge < -0.3 is 28.1 Å². The average molecular weight is 1100 g/mol. The molecule has 4 aromatic heterocycles. The Kier molecular flexibility index (Phi) is 10.3. The number of fused-ring (bicyclic) bond motifs is 14. The van der Waals surface area contributed by atoms with Gasteiger partial charge in [0, 0.05) is 54.3 Å². The zero-order valence-electron chi connectivity index (χ0n) is 46.4. The molecule has 400 valence electrons. The first kappa shape index (κ1) is 47.8. The highest BCUT2D eigenvalue weighted by molar-refractivity contribution is 6.20. The molecule has 0 spiro atoms. The summed E-state index contributed by atoms with van der Waals surface area (Å²) < 4.78 is 10.2. The Morgan fingerprint density at radius 3 is 0.837 bits per heavy atom. The van der Waals surface area contributed by atoms with E-state index in [-0.39, 0.29) is 0 Å². The zero-order chi connectivity index (χ0) is 56.6. The molecule has 17 aromatic rings. The van der Waals surface area contributed by atoms with E-state index < -0.39 is 0 Å². The topological polar surface area (TPSA) is 50.0 Å². The molecule has 0 N–H and O–H groups in total. The van der Waals surface area contributed by atoms with Crippen molar-refractivity contribution in [2.75, 3.05) is 9.80 Å². The Bertz CT molecular complexity index is 5200. The molecule has 0 atom stereocenters. The molecule has 0 bridgehead atoms. The summed E-state index contributed by atoms with van der Waals surface area (Å²) in [4.78, 5) is 5.01. The van der Waals surface area contributed by atoms with Gasteiger partial charge in [0.25, 0.3) is 0 Å². The maximum atomic E-state index is 11.2. The Balaban J connectivity index is 1.22. The van der Waals surface area contributed by atoms with Gasteiger partial charge in [0.15, 0.2) is 0 Å². The molecule has 86 heavy (non-hydrogen) atoms. The van der Waals surface area contributed by atoms with Gasteiger partial charge in [-0.3, -0.25) is 0 Å². The predicted molar refractivity (Wildman–Crippen MR) is 357 cm³/mol. The number of para-hydroxylation sites is 13. The summed E-state index contributed by atoms with van der Waals surface area (Å²) in [7, 11) is 0. The van der Waals surface area contributed by atoms with Crippen molar-refractivity contribution in [3.63, 3.8) is 0 Å². The molecular formula is C79H49N7. The number of benzene rings is 13. The molecule has 0 saturated heterocycles. The molecule has 0 unspecified atom stereocenters. The van der Waals surface area contributed by atoms with Crippen LogP contribution in [-0.4, -0.2) is 18.3 Å². The summed E-state index contributed by atoms with van der Waals surface area (Å²) in [6.07, 6.45) is 0. The molecule has 1 aliphatic heterocycles. The molecule has 0 amide bonds. The summed E-state index contributed by atoms with van der Waals surface area (Å²) in [5, 5.41) is 20.2. The van der Waals surface area contributed by atoms with Crippen molar-refractivity contribution < 1.29 is 0 Å². The Hall–Kier alpha value is -11.9. The van der Waals surface area contributed by atoms with E-state index in [0.717, 1.165) is 155 Å². The first-order chi connectivity index (χ1) is 42.7. The third-order valence-corrected chi connectivity index (χ3v) is 17.8. The number of nitriles is 1. The van der Waals surface area contributed by atoms with E-state index in [1.165, 1.54) is 0 Å². The van der Waals surface area contributed by atoms with Gasteiger partial charge in [-0.05, 0) is 103 Å². The highest BCUT2D eigenvalue weighted by Gasteiger charge is 2.40. The smallest absolute Gasteiger partial charge is 0.0992 e. The van der Waals surface area contributed by atoms with E-state index in [9.17, 15) is 5.26 Å². The fraction of sp³-hybridized carbons (Fsp3) is 0. The van der Waals surface area contributed by atoms with E-state index in [1.54, 1.807) is 0 Å². The monoisotopic (exact) mass is 1100 g/mol. The minimum Gasteiger partial charge on any atom is -0.306 e. The van der Waals surface area contributed by atoms with Crippen molar-refractivity contribution in [3.8, 4) is 39.9 Å². The second kappa shape index (κ2) is 18.6. The lowest BCUT2D eigenvalue weighted by molar-refractivity contribution is 1.03. The van der Waals surface area contributed by atoms with Crippen LogP contribution in [0.5, 0.6) is 0 Å². The van der Waals surface area contributed by atoms with Gasteiger partial charge in [0.1, 0.15) is 0 Å². The molecule has 0 fully saturated rings. The lowest BCUT2D eigenvalue weighted by Crippen LogP contribution is -2.27. The van der Waals surface area contributed by atoms with Gasteiger partial charge in [-0.15, -0.1) is 0 Å². The van der Waals surface area contributed by atoms with Crippen LogP contribution in [0.2, 0.25) is 0 Å². The average Bonchev–Trinajstić information content (AvgIpc) is 1.36. The van der Waals surface area contributed by atoms with Crippen LogP contribution in [-0.2, 0) is 0 Å². The van der Waals surface area contributed by atoms with E-state index in [0.29, 0.717) is 5.56 Å². The summed E-state index contributed by atoms with van der Waals surface area (Å²) >= 11 is 0. The van der Waals surface area contributed by atoms with Crippen LogP contribution in [0.3, 0.4) is 0 Å². The SMILES string of the molecule is N#Cc1cccc(-c2c(-n3c4ccccc4c4ccccc43)c(-n3c4ccccc4c4ccccc43)c(N3c4ccccc4N(c4ccccc4)c4ccccc43)c(-n3c4ccccc4c4ccccc43)c2-n2c3ccccc3c3ccccc32)c1. The second-order valence-corrected chi connectivity index (χ2v) is 22.3. The molecular weight excluding hydrogens is 1050 g/mol. The fourth-order valence-electron chi connectivity index (χ4n) is 14.5. The van der Waals surface area contributed by atoms with Crippen LogP contribution in [0.15, 0.2) is 297 Å². The van der Waals surface area contributed by atoms with Gasteiger partial charge in [0.05, 0.1) is 107 Å². The van der Waals surface area contributed by atoms with Crippen LogP contribution in [0.1, 0.15) is 5.56 Å². The summed E-state index contributed by atoms with van der Waals surface area (Å²) in [6.45, 7) is 0. The van der Waals surface area contributed by atoms with Crippen LogP contribution >= 0.6 is 0 Å². The normalized spacial score (nSPS) is 12.4. The molecule has 5 heterocycles. The summed E-state index contributed by atoms with van der Waals surface area (Å²) in [6, 6.07) is 111. The van der Waals surface area contributed by atoms with Crippen molar-refractivity contribution >= 4 is 121 Å². The first-order valence-electron chi connectivity index (χ1n) is 29.3. The Morgan fingerprint density at radius 2 is 0.512 bits per heavy atom. The van der Waals surface area contributed by atoms with Crippen LogP contribution in [0.25, 0.3) is 121 Å². The van der Waals surface area contributed by atoms with Crippen molar-refractivity contribution in [2.45, 2.75) is 0 Å². The number of anilines is 6. The molecule has 18 rings (SSSR count). The first-order valence-corrected chi connectivity index (χ1v) is 29.3. The van der Waals surface area contributed by atoms with Gasteiger partial charge in [-0.25, -0.2) is 0 Å². The third-order valence-electron chi connectivity index (χ3n) is 17.8. The predicted octanol–water partition coefficient (Wildman–Crippen LogP) is 20.9. The number of nitrogens with zero attached hydrogens (tertiary/aromatic N) is 7. The minimum absolute atomic E-state index is 0.560. The van der Waals surface area contributed by atoms with Gasteiger partial charge >= 0.3 is 0 Å². The number of hydrogen-bond acceptors (Lipinski definition) is 3. The highest BCUT2D eigenvalue weighted by atomic mass is 15.3. The number of aromatic nitrogens is 4. The lowest BCUT2D eigenvalue weighted by atomic mass is 9.93. The van der Waals surface area contributed by atoms with E-state index in [2.05, 4.69) is 325 Å². The van der Waals surface area contributed by atoms with Crippen molar-refractivity contribution in [2.24, 2.45) is 0 Å². The van der Waals surface area contributed by atoms with Crippen molar-refractivity contribution in [3.05, 3.63) is 303 Å². The maximum absolute atomic E-state index is 11.2. The second-order valence-electron chi connectivity index (χ2n) is 22.3. The Morgan fingerprint density at radius 1 is 0.233 bits per heavy atom. The number of rotatable bonds is 7. The van der Waals surface area contributed by atoms with E-state index in [4.69, 9.17) is 0 Å². The highest BCUT2D eigenvalue weighted by Crippen LogP contribution is 2.61. The minimum atomic E-state index is 0.560. The van der Waals surface area contributed by atoms with Crippen LogP contribution in [0.4, 0.5) is 34.1 Å². The van der Waals surface area contributed by atoms with Gasteiger partial charge in [0.2, 0.25) is 0 Å². The van der Waals surface area contributed by atoms with Crippen molar-refractivity contribution in [1.29, 1.82) is 5.26 Å². The van der Waals surface area contributed by atoms with E-state index in [1.807, 2.05) is 6.07 Å². The molecule has 7 nitrogen and oxygen atoms in total. The van der Waals surface area contributed by atoms with Gasteiger partial charge in [-0.1, -0.05) is 200 Å². The third kappa shape index (κ3) is 6.66. The van der Waals surface area contributed by atoms with E-state index >= 15 is 0 Å². The lowest BCUT2D eigenvalue weighted by Gasteiger charge is -2.43. The Labute approximate surface area is 494 Å². The fourth-order valence-corrected chi connectivity index (χ4v) is 14.5. The van der Waals surface area contributed by atoms with Gasteiger partial charge in [-0.2, -0.15) is 5.26 Å². The standard InChI is InChI=1S/C79H49N7/c80-50-51-25-24-26-52(49-51)74-75(82-62-37-12-4-29-54(62)55-30-5-13-38-63(55)82)77(84-66-41-16-8-33-58(66)59-34-9-17-42-67(59)84)79(86-72-47-22-20-45-70(72)81(53-27-2-1-3-28-53)71-46-21-23-48-73(71)86)78(85-68-43-18-10-35-60(68)61-36-11-19-44-69(61)85)76(74)83-64-39-14-6-31-56(64)57-32-7-15-40-65(57)83/h1-49H. The quantitative estimate of drug-likeness (QED) is 0.160. The zero-order valence-corrected chi connectivity index (χ0v) is 46.4. The molecule has 13 aromatic carbocycles. The molecule has 7 heteroatoms. The van der Waals surface area contributed by atoms with Crippen molar-refractivity contribution in [1.82, 2.24) is 18.3 Å². The maximum Gasteiger partial charge on any atom is 0.0992 e. The molecule has 0 aliphatic carbocycles. The van der Waals surface area contributed by atoms with Crippen LogP contribution in [0, 0.1) is 11.3 Å². The van der Waals surface area contributed by atoms with Crippen LogP contribution < -0.4 is 9.80 Å².